The number of carbonyl (C=O) groups is 1. The fourth-order valence-corrected chi connectivity index (χ4v) is 2.66. The van der Waals surface area contributed by atoms with Crippen LogP contribution in [-0.4, -0.2) is 6.03 Å². The Bertz CT molecular complexity index is 667. The fourth-order valence-electron chi connectivity index (χ4n) is 2.66. The molecule has 1 atom stereocenters. The molecule has 0 heterocycles. The van der Waals surface area contributed by atoms with E-state index in [1.54, 1.807) is 0 Å². The van der Waals surface area contributed by atoms with Crippen LogP contribution in [0, 0.1) is 11.6 Å². The van der Waals surface area contributed by atoms with Gasteiger partial charge in [-0.15, -0.1) is 0 Å². The smallest absolute Gasteiger partial charge is 0.319 e. The van der Waals surface area contributed by atoms with Gasteiger partial charge in [-0.05, 0) is 36.1 Å². The lowest BCUT2D eigenvalue weighted by molar-refractivity contribution is 0.248. The zero-order valence-electron chi connectivity index (χ0n) is 11.2. The van der Waals surface area contributed by atoms with Gasteiger partial charge in [-0.1, -0.05) is 24.3 Å². The average Bonchev–Trinajstić information content (AvgIpc) is 2.81. The first-order valence-electron chi connectivity index (χ1n) is 6.73. The summed E-state index contributed by atoms with van der Waals surface area (Å²) in [6, 6.07) is 10.3. The maximum absolute atomic E-state index is 13.1. The molecule has 0 spiro atoms. The molecule has 2 amide bonds. The predicted octanol–water partition coefficient (Wildman–Crippen LogP) is 3.77. The highest BCUT2D eigenvalue weighted by Gasteiger charge is 2.23. The summed E-state index contributed by atoms with van der Waals surface area (Å²) in [7, 11) is 0. The molecular formula is C16H14F2N2O. The third kappa shape index (κ3) is 3.02. The number of rotatable bonds is 2. The van der Waals surface area contributed by atoms with Crippen molar-refractivity contribution in [1.82, 2.24) is 5.32 Å². The Hall–Kier alpha value is -2.43. The van der Waals surface area contributed by atoms with Crippen LogP contribution in [-0.2, 0) is 6.42 Å². The fraction of sp³-hybridized carbons (Fsp3) is 0.188. The minimum absolute atomic E-state index is 0.0698. The number of benzene rings is 2. The summed E-state index contributed by atoms with van der Waals surface area (Å²) >= 11 is 0. The molecule has 0 aliphatic heterocycles. The monoisotopic (exact) mass is 288 g/mol. The van der Waals surface area contributed by atoms with Crippen LogP contribution in [0.15, 0.2) is 42.5 Å². The van der Waals surface area contributed by atoms with Crippen LogP contribution in [0.3, 0.4) is 0 Å². The Morgan fingerprint density at radius 1 is 1.10 bits per heavy atom. The molecule has 1 aliphatic carbocycles. The van der Waals surface area contributed by atoms with Crippen LogP contribution in [0.2, 0.25) is 0 Å². The summed E-state index contributed by atoms with van der Waals surface area (Å²) in [6.45, 7) is 0. The molecule has 0 saturated carbocycles. The normalized spacial score (nSPS) is 16.4. The van der Waals surface area contributed by atoms with Gasteiger partial charge >= 0.3 is 6.03 Å². The maximum atomic E-state index is 13.1. The van der Waals surface area contributed by atoms with Gasteiger partial charge in [0.15, 0.2) is 0 Å². The van der Waals surface area contributed by atoms with E-state index in [1.807, 2.05) is 24.3 Å². The topological polar surface area (TPSA) is 41.1 Å². The Morgan fingerprint density at radius 2 is 1.81 bits per heavy atom. The highest BCUT2D eigenvalue weighted by molar-refractivity contribution is 5.89. The number of nitrogens with one attached hydrogen (secondary N) is 2. The van der Waals surface area contributed by atoms with Crippen molar-refractivity contribution in [3.8, 4) is 0 Å². The summed E-state index contributed by atoms with van der Waals surface area (Å²) < 4.78 is 26.1. The lowest BCUT2D eigenvalue weighted by atomic mass is 10.1. The van der Waals surface area contributed by atoms with Crippen LogP contribution >= 0.6 is 0 Å². The molecule has 5 heteroatoms. The quantitative estimate of drug-likeness (QED) is 0.867. The van der Waals surface area contributed by atoms with Crippen molar-refractivity contribution in [2.24, 2.45) is 0 Å². The highest BCUT2D eigenvalue weighted by Crippen LogP contribution is 2.30. The molecular weight excluding hydrogens is 274 g/mol. The maximum Gasteiger partial charge on any atom is 0.319 e. The lowest BCUT2D eigenvalue weighted by Gasteiger charge is -2.15. The van der Waals surface area contributed by atoms with Gasteiger partial charge in [0.05, 0.1) is 6.04 Å². The van der Waals surface area contributed by atoms with Crippen molar-refractivity contribution >= 4 is 11.7 Å². The molecule has 1 unspecified atom stereocenters. The third-order valence-electron chi connectivity index (χ3n) is 3.56. The minimum Gasteiger partial charge on any atom is -0.331 e. The second-order valence-corrected chi connectivity index (χ2v) is 5.05. The number of anilines is 1. The molecule has 108 valence electrons. The molecule has 3 nitrogen and oxygen atoms in total. The lowest BCUT2D eigenvalue weighted by Crippen LogP contribution is -2.31. The van der Waals surface area contributed by atoms with Crippen molar-refractivity contribution < 1.29 is 13.6 Å². The molecule has 0 saturated heterocycles. The van der Waals surface area contributed by atoms with Gasteiger partial charge in [0.1, 0.15) is 11.6 Å². The van der Waals surface area contributed by atoms with Gasteiger partial charge in [0.25, 0.3) is 0 Å². The van der Waals surface area contributed by atoms with Gasteiger partial charge in [0, 0.05) is 11.8 Å². The van der Waals surface area contributed by atoms with E-state index in [0.717, 1.165) is 36.6 Å². The van der Waals surface area contributed by atoms with E-state index in [-0.39, 0.29) is 11.7 Å². The number of carbonyl (C=O) groups excluding carboxylic acids is 1. The molecule has 0 bridgehead atoms. The SMILES string of the molecule is O=C(Nc1cc(F)cc(F)c1)NC1CCc2ccccc21. The summed E-state index contributed by atoms with van der Waals surface area (Å²) in [4.78, 5) is 11.9. The Balaban J connectivity index is 1.68. The van der Waals surface area contributed by atoms with Crippen LogP contribution < -0.4 is 10.6 Å². The van der Waals surface area contributed by atoms with E-state index < -0.39 is 17.7 Å². The van der Waals surface area contributed by atoms with Gasteiger partial charge in [-0.25, -0.2) is 13.6 Å². The number of fused-ring (bicyclic) bond motifs is 1. The van der Waals surface area contributed by atoms with Gasteiger partial charge in [-0.3, -0.25) is 0 Å². The van der Waals surface area contributed by atoms with Crippen LogP contribution in [0.25, 0.3) is 0 Å². The summed E-state index contributed by atoms with van der Waals surface area (Å²) in [6.07, 6.45) is 1.74. The molecule has 1 aliphatic rings. The first-order chi connectivity index (χ1) is 10.1. The zero-order chi connectivity index (χ0) is 14.8. The number of hydrogen-bond acceptors (Lipinski definition) is 1. The van der Waals surface area contributed by atoms with E-state index in [4.69, 9.17) is 0 Å². The molecule has 2 aromatic carbocycles. The van der Waals surface area contributed by atoms with Gasteiger partial charge < -0.3 is 10.6 Å². The molecule has 3 rings (SSSR count). The van der Waals surface area contributed by atoms with Crippen LogP contribution in [0.4, 0.5) is 19.3 Å². The number of halogens is 2. The van der Waals surface area contributed by atoms with E-state index in [9.17, 15) is 13.6 Å². The molecule has 0 aromatic heterocycles. The Kier molecular flexibility index (Phi) is 3.56. The van der Waals surface area contributed by atoms with Gasteiger partial charge in [-0.2, -0.15) is 0 Å². The van der Waals surface area contributed by atoms with Crippen molar-refractivity contribution in [3.05, 3.63) is 65.2 Å². The van der Waals surface area contributed by atoms with E-state index in [0.29, 0.717) is 0 Å². The predicted molar refractivity (Wildman–Crippen MR) is 76.0 cm³/mol. The van der Waals surface area contributed by atoms with Crippen molar-refractivity contribution in [3.63, 3.8) is 0 Å². The van der Waals surface area contributed by atoms with Crippen molar-refractivity contribution in [1.29, 1.82) is 0 Å². The first-order valence-corrected chi connectivity index (χ1v) is 6.73. The zero-order valence-corrected chi connectivity index (χ0v) is 11.2. The van der Waals surface area contributed by atoms with Gasteiger partial charge in [0.2, 0.25) is 0 Å². The molecule has 21 heavy (non-hydrogen) atoms. The summed E-state index contributed by atoms with van der Waals surface area (Å²) in [5.74, 6) is -1.45. The molecule has 2 N–H and O–H groups in total. The second kappa shape index (κ2) is 5.52. The van der Waals surface area contributed by atoms with Crippen LogP contribution in [0.5, 0.6) is 0 Å². The Labute approximate surface area is 121 Å². The van der Waals surface area contributed by atoms with Crippen LogP contribution in [0.1, 0.15) is 23.6 Å². The summed E-state index contributed by atoms with van der Waals surface area (Å²) in [5.41, 5.74) is 2.41. The molecule has 0 radical (unpaired) electrons. The molecule has 0 fully saturated rings. The second-order valence-electron chi connectivity index (χ2n) is 5.05. The summed E-state index contributed by atoms with van der Waals surface area (Å²) in [5, 5.41) is 5.28. The number of hydrogen-bond donors (Lipinski definition) is 2. The van der Waals surface area contributed by atoms with E-state index in [2.05, 4.69) is 10.6 Å². The first kappa shape index (κ1) is 13.5. The number of aryl methyl sites for hydroxylation is 1. The average molecular weight is 288 g/mol. The van der Waals surface area contributed by atoms with Crippen molar-refractivity contribution in [2.75, 3.05) is 5.32 Å². The number of amides is 2. The molecule has 2 aromatic rings. The van der Waals surface area contributed by atoms with E-state index in [1.165, 1.54) is 5.56 Å². The largest absolute Gasteiger partial charge is 0.331 e. The highest BCUT2D eigenvalue weighted by atomic mass is 19.1. The Morgan fingerprint density at radius 3 is 2.57 bits per heavy atom. The standard InChI is InChI=1S/C16H14F2N2O/c17-11-7-12(18)9-13(8-11)19-16(21)20-15-6-5-10-3-1-2-4-14(10)15/h1-4,7-9,15H,5-6H2,(H2,19,20,21). The third-order valence-corrected chi connectivity index (χ3v) is 3.56. The van der Waals surface area contributed by atoms with Crippen molar-refractivity contribution in [2.45, 2.75) is 18.9 Å². The van der Waals surface area contributed by atoms with E-state index >= 15 is 0 Å². The minimum atomic E-state index is -0.725. The number of urea groups is 1.